The van der Waals surface area contributed by atoms with E-state index in [4.69, 9.17) is 9.74 Å². The molecule has 0 atom stereocenters. The first-order valence-electron chi connectivity index (χ1n) is 8.05. The molecule has 1 N–H and O–H groups in total. The molecule has 27 heavy (non-hydrogen) atoms. The van der Waals surface area contributed by atoms with Crippen molar-refractivity contribution >= 4 is 23.0 Å². The number of rotatable bonds is 5. The van der Waals surface area contributed by atoms with Crippen molar-refractivity contribution in [1.29, 1.82) is 0 Å². The fraction of sp³-hybridized carbons (Fsp3) is 0.111. The third-order valence-electron chi connectivity index (χ3n) is 3.99. The zero-order valence-corrected chi connectivity index (χ0v) is 14.3. The minimum Gasteiger partial charge on any atom is -0.478 e. The van der Waals surface area contributed by atoms with E-state index in [1.165, 1.54) is 18.3 Å². The molecule has 9 heteroatoms. The Labute approximate surface area is 153 Å². The second kappa shape index (κ2) is 6.79. The Balaban J connectivity index is 1.59. The SMILES string of the molecule is CN(Cc1ccc2nonc2c1)c1nccc(-c2cc(C(=O)O)ccn2)n1. The minimum absolute atomic E-state index is 0.156. The van der Waals surface area contributed by atoms with Crippen LogP contribution in [0.1, 0.15) is 15.9 Å². The first-order chi connectivity index (χ1) is 13.1. The number of carboxylic acid groups (broad SMARTS) is 1. The summed E-state index contributed by atoms with van der Waals surface area (Å²) >= 11 is 0. The van der Waals surface area contributed by atoms with Crippen molar-refractivity contribution in [1.82, 2.24) is 25.3 Å². The molecule has 0 aliphatic heterocycles. The van der Waals surface area contributed by atoms with E-state index in [9.17, 15) is 4.79 Å². The summed E-state index contributed by atoms with van der Waals surface area (Å²) in [5.74, 6) is -0.517. The van der Waals surface area contributed by atoms with Gasteiger partial charge in [-0.15, -0.1) is 0 Å². The van der Waals surface area contributed by atoms with Gasteiger partial charge in [-0.1, -0.05) is 6.07 Å². The number of hydrogen-bond donors (Lipinski definition) is 1. The van der Waals surface area contributed by atoms with Gasteiger partial charge in [0.2, 0.25) is 5.95 Å². The van der Waals surface area contributed by atoms with Gasteiger partial charge < -0.3 is 10.0 Å². The van der Waals surface area contributed by atoms with Crippen molar-refractivity contribution in [3.63, 3.8) is 0 Å². The standard InChI is InChI=1S/C18H14N6O3/c1-24(10-11-2-3-14-16(8-11)23-27-22-14)18-20-7-5-13(21-18)15-9-12(17(25)26)4-6-19-15/h2-9H,10H2,1H3,(H,25,26). The highest BCUT2D eigenvalue weighted by Gasteiger charge is 2.11. The lowest BCUT2D eigenvalue weighted by molar-refractivity contribution is 0.0697. The molecule has 0 saturated carbocycles. The number of nitrogens with zero attached hydrogens (tertiary/aromatic N) is 6. The van der Waals surface area contributed by atoms with Gasteiger partial charge in [0, 0.05) is 26.0 Å². The smallest absolute Gasteiger partial charge is 0.335 e. The second-order valence-electron chi connectivity index (χ2n) is 5.92. The third kappa shape index (κ3) is 3.43. The molecule has 0 spiro atoms. The first-order valence-corrected chi connectivity index (χ1v) is 8.05. The maximum absolute atomic E-state index is 11.2. The normalized spacial score (nSPS) is 10.9. The third-order valence-corrected chi connectivity index (χ3v) is 3.99. The summed E-state index contributed by atoms with van der Waals surface area (Å²) < 4.78 is 4.71. The molecule has 0 saturated heterocycles. The van der Waals surface area contributed by atoms with E-state index >= 15 is 0 Å². The number of benzene rings is 1. The molecule has 0 aliphatic carbocycles. The molecule has 1 aromatic carbocycles. The zero-order chi connectivity index (χ0) is 18.8. The van der Waals surface area contributed by atoms with Gasteiger partial charge in [0.25, 0.3) is 0 Å². The predicted octanol–water partition coefficient (Wildman–Crippen LogP) is 2.41. The van der Waals surface area contributed by atoms with Crippen LogP contribution in [0.5, 0.6) is 0 Å². The van der Waals surface area contributed by atoms with Gasteiger partial charge in [-0.25, -0.2) is 19.4 Å². The van der Waals surface area contributed by atoms with Crippen LogP contribution in [0.3, 0.4) is 0 Å². The quantitative estimate of drug-likeness (QED) is 0.571. The molecule has 4 rings (SSSR count). The number of aromatic nitrogens is 5. The number of carboxylic acids is 1. The van der Waals surface area contributed by atoms with E-state index in [-0.39, 0.29) is 5.56 Å². The highest BCUT2D eigenvalue weighted by atomic mass is 16.6. The average Bonchev–Trinajstić information content (AvgIpc) is 3.16. The number of hydrogen-bond acceptors (Lipinski definition) is 8. The number of anilines is 1. The largest absolute Gasteiger partial charge is 0.478 e. The van der Waals surface area contributed by atoms with Crippen LogP contribution in [-0.2, 0) is 6.54 Å². The summed E-state index contributed by atoms with van der Waals surface area (Å²) in [5.41, 5.74) is 3.56. The molecule has 0 bridgehead atoms. The monoisotopic (exact) mass is 362 g/mol. The average molecular weight is 362 g/mol. The Morgan fingerprint density at radius 3 is 2.70 bits per heavy atom. The van der Waals surface area contributed by atoms with Gasteiger partial charge in [0.05, 0.1) is 17.0 Å². The summed E-state index contributed by atoms with van der Waals surface area (Å²) in [6.07, 6.45) is 3.07. The molecule has 3 heterocycles. The summed E-state index contributed by atoms with van der Waals surface area (Å²) in [4.78, 5) is 26.0. The van der Waals surface area contributed by atoms with Crippen molar-refractivity contribution in [3.8, 4) is 11.4 Å². The van der Waals surface area contributed by atoms with Gasteiger partial charge >= 0.3 is 5.97 Å². The van der Waals surface area contributed by atoms with Crippen LogP contribution in [0.25, 0.3) is 22.4 Å². The van der Waals surface area contributed by atoms with Crippen molar-refractivity contribution in [2.75, 3.05) is 11.9 Å². The van der Waals surface area contributed by atoms with Gasteiger partial charge in [-0.3, -0.25) is 4.98 Å². The predicted molar refractivity (Wildman–Crippen MR) is 96.1 cm³/mol. The van der Waals surface area contributed by atoms with Crippen LogP contribution < -0.4 is 4.90 Å². The topological polar surface area (TPSA) is 118 Å². The fourth-order valence-corrected chi connectivity index (χ4v) is 2.65. The maximum atomic E-state index is 11.2. The molecule has 0 aliphatic rings. The molecule has 4 aromatic rings. The number of aromatic carboxylic acids is 1. The van der Waals surface area contributed by atoms with Crippen LogP contribution in [0.4, 0.5) is 5.95 Å². The highest BCUT2D eigenvalue weighted by Crippen LogP contribution is 2.19. The first kappa shape index (κ1) is 16.6. The van der Waals surface area contributed by atoms with Crippen LogP contribution in [0.15, 0.2) is 53.4 Å². The van der Waals surface area contributed by atoms with E-state index in [0.717, 1.165) is 5.56 Å². The lowest BCUT2D eigenvalue weighted by Crippen LogP contribution is -2.19. The Morgan fingerprint density at radius 2 is 1.85 bits per heavy atom. The van der Waals surface area contributed by atoms with E-state index in [1.54, 1.807) is 12.3 Å². The van der Waals surface area contributed by atoms with Gasteiger partial charge in [-0.05, 0) is 46.2 Å². The Bertz CT molecular complexity index is 1130. The van der Waals surface area contributed by atoms with Crippen LogP contribution >= 0.6 is 0 Å². The van der Waals surface area contributed by atoms with Crippen molar-refractivity contribution in [3.05, 3.63) is 59.9 Å². The van der Waals surface area contributed by atoms with Gasteiger partial charge in [-0.2, -0.15) is 0 Å². The van der Waals surface area contributed by atoms with Gasteiger partial charge in [0.15, 0.2) is 0 Å². The molecular formula is C18H14N6O3. The molecule has 0 radical (unpaired) electrons. The molecule has 0 unspecified atom stereocenters. The summed E-state index contributed by atoms with van der Waals surface area (Å²) in [6, 6.07) is 10.3. The second-order valence-corrected chi connectivity index (χ2v) is 5.92. The Hall–Kier alpha value is -3.88. The summed E-state index contributed by atoms with van der Waals surface area (Å²) in [6.45, 7) is 0.550. The lowest BCUT2D eigenvalue weighted by atomic mass is 10.2. The van der Waals surface area contributed by atoms with E-state index in [2.05, 4.69) is 25.3 Å². The molecule has 3 aromatic heterocycles. The molecular weight excluding hydrogens is 348 g/mol. The van der Waals surface area contributed by atoms with Crippen LogP contribution in [0, 0.1) is 0 Å². The van der Waals surface area contributed by atoms with Crippen LogP contribution in [0.2, 0.25) is 0 Å². The highest BCUT2D eigenvalue weighted by molar-refractivity contribution is 5.88. The Morgan fingerprint density at radius 1 is 1.04 bits per heavy atom. The molecule has 134 valence electrons. The van der Waals surface area contributed by atoms with E-state index in [0.29, 0.717) is 34.9 Å². The summed E-state index contributed by atoms with van der Waals surface area (Å²) in [7, 11) is 1.87. The minimum atomic E-state index is -1.01. The van der Waals surface area contributed by atoms with E-state index < -0.39 is 5.97 Å². The van der Waals surface area contributed by atoms with Crippen molar-refractivity contribution in [2.24, 2.45) is 0 Å². The van der Waals surface area contributed by atoms with E-state index in [1.807, 2.05) is 30.1 Å². The fourth-order valence-electron chi connectivity index (χ4n) is 2.65. The molecule has 0 amide bonds. The lowest BCUT2D eigenvalue weighted by Gasteiger charge is -2.17. The van der Waals surface area contributed by atoms with Crippen LogP contribution in [-0.4, -0.2) is 43.4 Å². The van der Waals surface area contributed by atoms with Crippen molar-refractivity contribution < 1.29 is 14.5 Å². The van der Waals surface area contributed by atoms with Gasteiger partial charge in [0.1, 0.15) is 11.0 Å². The Kier molecular flexibility index (Phi) is 4.17. The summed E-state index contributed by atoms with van der Waals surface area (Å²) in [5, 5.41) is 16.8. The maximum Gasteiger partial charge on any atom is 0.335 e. The zero-order valence-electron chi connectivity index (χ0n) is 14.3. The molecule has 9 nitrogen and oxygen atoms in total. The molecule has 0 fully saturated rings. The number of carbonyl (C=O) groups is 1. The number of pyridine rings is 1. The van der Waals surface area contributed by atoms with Crippen molar-refractivity contribution in [2.45, 2.75) is 6.54 Å². The number of fused-ring (bicyclic) bond motifs is 1.